The number of aromatic nitrogens is 2. The van der Waals surface area contributed by atoms with Gasteiger partial charge in [-0.15, -0.1) is 0 Å². The lowest BCUT2D eigenvalue weighted by Crippen LogP contribution is -2.31. The molecule has 1 heterocycles. The first-order valence-electron chi connectivity index (χ1n) is 9.19. The number of para-hydroxylation sites is 2. The standard InChI is InChI=1S/C21H23N5OS/c1-3-25(4-2)20(27)18-15-22-26(17-13-9-6-10-14-17)19(18)24-21(28)23-16-11-7-5-8-12-16/h5-15H,3-4H2,1-2H3,(H2,23,24,28). The Kier molecular flexibility index (Phi) is 6.39. The van der Waals surface area contributed by atoms with Crippen LogP contribution in [0, 0.1) is 0 Å². The Morgan fingerprint density at radius 3 is 2.21 bits per heavy atom. The van der Waals surface area contributed by atoms with Crippen LogP contribution in [0.2, 0.25) is 0 Å². The number of anilines is 2. The van der Waals surface area contributed by atoms with E-state index >= 15 is 0 Å². The van der Waals surface area contributed by atoms with Crippen molar-refractivity contribution in [2.45, 2.75) is 13.8 Å². The Labute approximate surface area is 170 Å². The Morgan fingerprint density at radius 2 is 1.61 bits per heavy atom. The molecule has 2 N–H and O–H groups in total. The molecule has 0 aliphatic heterocycles. The monoisotopic (exact) mass is 393 g/mol. The molecular formula is C21H23N5OS. The van der Waals surface area contributed by atoms with E-state index in [-0.39, 0.29) is 5.91 Å². The van der Waals surface area contributed by atoms with Crippen molar-refractivity contribution in [2.75, 3.05) is 23.7 Å². The maximum absolute atomic E-state index is 13.0. The number of carbonyl (C=O) groups excluding carboxylic acids is 1. The number of benzene rings is 2. The number of hydrogen-bond acceptors (Lipinski definition) is 3. The zero-order valence-corrected chi connectivity index (χ0v) is 16.7. The summed E-state index contributed by atoms with van der Waals surface area (Å²) >= 11 is 5.47. The fourth-order valence-corrected chi connectivity index (χ4v) is 3.08. The van der Waals surface area contributed by atoms with Crippen molar-refractivity contribution >= 4 is 34.7 Å². The van der Waals surface area contributed by atoms with E-state index in [2.05, 4.69) is 15.7 Å². The molecule has 1 amide bonds. The number of nitrogens with zero attached hydrogens (tertiary/aromatic N) is 3. The molecule has 0 aliphatic rings. The highest BCUT2D eigenvalue weighted by Gasteiger charge is 2.22. The van der Waals surface area contributed by atoms with E-state index in [1.165, 1.54) is 0 Å². The fourth-order valence-electron chi connectivity index (χ4n) is 2.86. The summed E-state index contributed by atoms with van der Waals surface area (Å²) in [6, 6.07) is 19.3. The van der Waals surface area contributed by atoms with Gasteiger partial charge < -0.3 is 15.5 Å². The van der Waals surface area contributed by atoms with E-state index < -0.39 is 0 Å². The Hall–Kier alpha value is -3.19. The third-order valence-electron chi connectivity index (χ3n) is 4.31. The van der Waals surface area contributed by atoms with Gasteiger partial charge >= 0.3 is 0 Å². The topological polar surface area (TPSA) is 62.2 Å². The van der Waals surface area contributed by atoms with Gasteiger partial charge in [0.05, 0.1) is 11.9 Å². The molecule has 1 aromatic heterocycles. The molecule has 3 rings (SSSR count). The van der Waals surface area contributed by atoms with E-state index in [0.717, 1.165) is 11.4 Å². The van der Waals surface area contributed by atoms with E-state index in [1.54, 1.807) is 15.8 Å². The third-order valence-corrected chi connectivity index (χ3v) is 4.52. The second kappa shape index (κ2) is 9.14. The first kappa shape index (κ1) is 19.6. The van der Waals surface area contributed by atoms with E-state index in [9.17, 15) is 4.79 Å². The maximum Gasteiger partial charge on any atom is 0.259 e. The minimum Gasteiger partial charge on any atom is -0.339 e. The highest BCUT2D eigenvalue weighted by molar-refractivity contribution is 7.80. The van der Waals surface area contributed by atoms with Crippen LogP contribution in [0.25, 0.3) is 5.69 Å². The van der Waals surface area contributed by atoms with Crippen molar-refractivity contribution in [3.63, 3.8) is 0 Å². The lowest BCUT2D eigenvalue weighted by Gasteiger charge is -2.19. The largest absolute Gasteiger partial charge is 0.339 e. The molecule has 0 atom stereocenters. The SMILES string of the molecule is CCN(CC)C(=O)c1cnn(-c2ccccc2)c1NC(=S)Nc1ccccc1. The zero-order valence-electron chi connectivity index (χ0n) is 15.9. The Morgan fingerprint density at radius 1 is 1.00 bits per heavy atom. The van der Waals surface area contributed by atoms with Crippen molar-refractivity contribution in [2.24, 2.45) is 0 Å². The molecule has 6 nitrogen and oxygen atoms in total. The maximum atomic E-state index is 13.0. The van der Waals surface area contributed by atoms with Crippen molar-refractivity contribution in [3.05, 3.63) is 72.4 Å². The molecule has 28 heavy (non-hydrogen) atoms. The van der Waals surface area contributed by atoms with E-state index in [1.807, 2.05) is 74.5 Å². The Balaban J connectivity index is 1.94. The first-order chi connectivity index (χ1) is 13.6. The summed E-state index contributed by atoms with van der Waals surface area (Å²) < 4.78 is 1.69. The molecule has 0 aliphatic carbocycles. The minimum atomic E-state index is -0.0859. The second-order valence-electron chi connectivity index (χ2n) is 6.08. The molecular weight excluding hydrogens is 370 g/mol. The molecule has 0 saturated heterocycles. The van der Waals surface area contributed by atoms with Gasteiger partial charge in [-0.1, -0.05) is 36.4 Å². The van der Waals surface area contributed by atoms with Crippen LogP contribution in [-0.2, 0) is 0 Å². The molecule has 0 spiro atoms. The molecule has 7 heteroatoms. The van der Waals surface area contributed by atoms with E-state index in [0.29, 0.717) is 29.6 Å². The molecule has 2 aromatic carbocycles. The van der Waals surface area contributed by atoms with Crippen LogP contribution in [0.15, 0.2) is 66.9 Å². The number of rotatable bonds is 6. The summed E-state index contributed by atoms with van der Waals surface area (Å²) in [6.07, 6.45) is 1.58. The molecule has 0 bridgehead atoms. The number of hydrogen-bond donors (Lipinski definition) is 2. The average Bonchev–Trinajstić information content (AvgIpc) is 3.13. The van der Waals surface area contributed by atoms with Crippen LogP contribution in [0.3, 0.4) is 0 Å². The molecule has 0 radical (unpaired) electrons. The summed E-state index contributed by atoms with van der Waals surface area (Å²) in [5, 5.41) is 11.1. The van der Waals surface area contributed by atoms with Crippen molar-refractivity contribution in [3.8, 4) is 5.69 Å². The van der Waals surface area contributed by atoms with Gasteiger partial charge in [0.1, 0.15) is 11.4 Å². The molecule has 0 fully saturated rings. The number of amides is 1. The average molecular weight is 394 g/mol. The van der Waals surface area contributed by atoms with Crippen molar-refractivity contribution < 1.29 is 4.79 Å². The smallest absolute Gasteiger partial charge is 0.259 e. The Bertz CT molecular complexity index is 936. The van der Waals surface area contributed by atoms with Gasteiger partial charge in [0.2, 0.25) is 0 Å². The van der Waals surface area contributed by atoms with Gasteiger partial charge in [-0.25, -0.2) is 4.68 Å². The van der Waals surface area contributed by atoms with Crippen molar-refractivity contribution in [1.29, 1.82) is 0 Å². The number of nitrogens with one attached hydrogen (secondary N) is 2. The predicted octanol–water partition coefficient (Wildman–Crippen LogP) is 4.16. The third kappa shape index (κ3) is 4.37. The highest BCUT2D eigenvalue weighted by atomic mass is 32.1. The van der Waals surface area contributed by atoms with Crippen LogP contribution < -0.4 is 10.6 Å². The fraction of sp³-hybridized carbons (Fsp3) is 0.190. The van der Waals surface area contributed by atoms with Gasteiger partial charge in [0.25, 0.3) is 5.91 Å². The van der Waals surface area contributed by atoms with Crippen LogP contribution in [0.4, 0.5) is 11.5 Å². The lowest BCUT2D eigenvalue weighted by molar-refractivity contribution is 0.0774. The van der Waals surface area contributed by atoms with Gasteiger partial charge in [0, 0.05) is 18.8 Å². The molecule has 0 unspecified atom stereocenters. The predicted molar refractivity (Wildman–Crippen MR) is 117 cm³/mol. The quantitative estimate of drug-likeness (QED) is 0.616. The summed E-state index contributed by atoms with van der Waals surface area (Å²) in [4.78, 5) is 14.7. The van der Waals surface area contributed by atoms with Crippen LogP contribution in [0.5, 0.6) is 0 Å². The van der Waals surface area contributed by atoms with Crippen LogP contribution in [-0.4, -0.2) is 38.8 Å². The molecule has 3 aromatic rings. The van der Waals surface area contributed by atoms with Gasteiger partial charge in [-0.2, -0.15) is 5.10 Å². The summed E-state index contributed by atoms with van der Waals surface area (Å²) in [6.45, 7) is 5.16. The van der Waals surface area contributed by atoms with Gasteiger partial charge in [0.15, 0.2) is 5.11 Å². The summed E-state index contributed by atoms with van der Waals surface area (Å²) in [5.41, 5.74) is 2.18. The van der Waals surface area contributed by atoms with Crippen molar-refractivity contribution in [1.82, 2.24) is 14.7 Å². The highest BCUT2D eigenvalue weighted by Crippen LogP contribution is 2.22. The number of thiocarbonyl (C=S) groups is 1. The zero-order chi connectivity index (χ0) is 19.9. The van der Waals surface area contributed by atoms with Gasteiger partial charge in [-0.05, 0) is 50.3 Å². The first-order valence-corrected chi connectivity index (χ1v) is 9.60. The lowest BCUT2D eigenvalue weighted by atomic mass is 10.2. The molecule has 144 valence electrons. The second-order valence-corrected chi connectivity index (χ2v) is 6.49. The van der Waals surface area contributed by atoms with Crippen LogP contribution >= 0.6 is 12.2 Å². The van der Waals surface area contributed by atoms with Crippen LogP contribution in [0.1, 0.15) is 24.2 Å². The van der Waals surface area contributed by atoms with E-state index in [4.69, 9.17) is 12.2 Å². The summed E-state index contributed by atoms with van der Waals surface area (Å²) in [7, 11) is 0. The normalized spacial score (nSPS) is 10.4. The minimum absolute atomic E-state index is 0.0859. The number of carbonyl (C=O) groups is 1. The van der Waals surface area contributed by atoms with Gasteiger partial charge in [-0.3, -0.25) is 4.79 Å². The molecule has 0 saturated carbocycles. The summed E-state index contributed by atoms with van der Waals surface area (Å²) in [5.74, 6) is 0.453.